The molecule has 0 aliphatic carbocycles. The molecule has 0 aliphatic rings. The van der Waals surface area contributed by atoms with Gasteiger partial charge in [-0.2, -0.15) is 0 Å². The number of nitrogens with zero attached hydrogens (tertiary/aromatic N) is 1. The summed E-state index contributed by atoms with van der Waals surface area (Å²) in [6.07, 6.45) is 3.86. The van der Waals surface area contributed by atoms with E-state index in [9.17, 15) is 4.79 Å². The average Bonchev–Trinajstić information content (AvgIpc) is 2.98. The van der Waals surface area contributed by atoms with Gasteiger partial charge in [-0.1, -0.05) is 6.07 Å². The Hall–Kier alpha value is -1.72. The standard InChI is InChI=1S/C14H16N2O2S/c1-18-14(17)9-12(13-3-2-8-19-13)16-10-11-4-6-15-7-5-11/h2-8,12,16H,9-10H2,1H3. The third kappa shape index (κ3) is 4.15. The van der Waals surface area contributed by atoms with Crippen molar-refractivity contribution in [3.05, 3.63) is 52.5 Å². The molecule has 2 aromatic heterocycles. The molecular weight excluding hydrogens is 260 g/mol. The Kier molecular flexibility index (Phi) is 5.06. The zero-order chi connectivity index (χ0) is 13.5. The van der Waals surface area contributed by atoms with E-state index in [0.29, 0.717) is 13.0 Å². The fraction of sp³-hybridized carbons (Fsp3) is 0.286. The maximum Gasteiger partial charge on any atom is 0.307 e. The van der Waals surface area contributed by atoms with Crippen LogP contribution in [-0.4, -0.2) is 18.1 Å². The number of rotatable bonds is 6. The minimum atomic E-state index is -0.208. The normalized spacial score (nSPS) is 12.1. The van der Waals surface area contributed by atoms with Crippen molar-refractivity contribution in [2.45, 2.75) is 19.0 Å². The number of pyridine rings is 1. The summed E-state index contributed by atoms with van der Waals surface area (Å²) in [5.74, 6) is -0.208. The molecule has 0 saturated carbocycles. The zero-order valence-corrected chi connectivity index (χ0v) is 11.5. The summed E-state index contributed by atoms with van der Waals surface area (Å²) in [6.45, 7) is 0.697. The largest absolute Gasteiger partial charge is 0.469 e. The first kappa shape index (κ1) is 13.7. The van der Waals surface area contributed by atoms with Crippen LogP contribution in [0.1, 0.15) is 22.9 Å². The first-order chi connectivity index (χ1) is 9.29. The van der Waals surface area contributed by atoms with Crippen molar-refractivity contribution in [3.8, 4) is 0 Å². The molecular formula is C14H16N2O2S. The molecule has 100 valence electrons. The van der Waals surface area contributed by atoms with E-state index in [1.54, 1.807) is 23.7 Å². The van der Waals surface area contributed by atoms with Gasteiger partial charge in [0.05, 0.1) is 19.6 Å². The summed E-state index contributed by atoms with van der Waals surface area (Å²) in [5.41, 5.74) is 1.14. The number of aromatic nitrogens is 1. The van der Waals surface area contributed by atoms with Crippen molar-refractivity contribution < 1.29 is 9.53 Å². The maximum absolute atomic E-state index is 11.5. The highest BCUT2D eigenvalue weighted by Gasteiger charge is 2.16. The van der Waals surface area contributed by atoms with Crippen LogP contribution in [0.25, 0.3) is 0 Å². The third-order valence-corrected chi connectivity index (χ3v) is 3.77. The van der Waals surface area contributed by atoms with Gasteiger partial charge in [0, 0.05) is 23.8 Å². The van der Waals surface area contributed by atoms with E-state index in [1.165, 1.54) is 7.11 Å². The second-order valence-corrected chi connectivity index (χ2v) is 5.06. The molecule has 1 N–H and O–H groups in total. The zero-order valence-electron chi connectivity index (χ0n) is 10.7. The average molecular weight is 276 g/mol. The van der Waals surface area contributed by atoms with Crippen molar-refractivity contribution in [1.29, 1.82) is 0 Å². The SMILES string of the molecule is COC(=O)CC(NCc1ccncc1)c1cccs1. The number of hydrogen-bond acceptors (Lipinski definition) is 5. The molecule has 1 unspecified atom stereocenters. The molecule has 0 bridgehead atoms. The third-order valence-electron chi connectivity index (χ3n) is 2.79. The number of methoxy groups -OCH3 is 1. The Morgan fingerprint density at radius 3 is 2.84 bits per heavy atom. The molecule has 0 fully saturated rings. The van der Waals surface area contributed by atoms with Gasteiger partial charge < -0.3 is 10.1 Å². The lowest BCUT2D eigenvalue weighted by molar-refractivity contribution is -0.141. The van der Waals surface area contributed by atoms with Crippen LogP contribution in [0.15, 0.2) is 42.0 Å². The van der Waals surface area contributed by atoms with Crippen molar-refractivity contribution in [3.63, 3.8) is 0 Å². The van der Waals surface area contributed by atoms with Crippen molar-refractivity contribution in [1.82, 2.24) is 10.3 Å². The van der Waals surface area contributed by atoms with Gasteiger partial charge >= 0.3 is 5.97 Å². The maximum atomic E-state index is 11.5. The van der Waals surface area contributed by atoms with Crippen molar-refractivity contribution >= 4 is 17.3 Å². The molecule has 0 saturated heterocycles. The molecule has 0 aliphatic heterocycles. The number of ether oxygens (including phenoxy) is 1. The van der Waals surface area contributed by atoms with Crippen LogP contribution in [0, 0.1) is 0 Å². The van der Waals surface area contributed by atoms with Crippen molar-refractivity contribution in [2.75, 3.05) is 7.11 Å². The fourth-order valence-corrected chi connectivity index (χ4v) is 2.56. The number of carbonyl (C=O) groups is 1. The number of hydrogen-bond donors (Lipinski definition) is 1. The smallest absolute Gasteiger partial charge is 0.307 e. The van der Waals surface area contributed by atoms with E-state index >= 15 is 0 Å². The Balaban J connectivity index is 2.00. The molecule has 2 rings (SSSR count). The lowest BCUT2D eigenvalue weighted by Crippen LogP contribution is -2.23. The van der Waals surface area contributed by atoms with Crippen molar-refractivity contribution in [2.24, 2.45) is 0 Å². The molecule has 19 heavy (non-hydrogen) atoms. The molecule has 5 heteroatoms. The van der Waals surface area contributed by atoms with Gasteiger partial charge in [0.2, 0.25) is 0 Å². The highest BCUT2D eigenvalue weighted by atomic mass is 32.1. The highest BCUT2D eigenvalue weighted by Crippen LogP contribution is 2.22. The van der Waals surface area contributed by atoms with E-state index in [0.717, 1.165) is 10.4 Å². The summed E-state index contributed by atoms with van der Waals surface area (Å²) in [7, 11) is 1.41. The molecule has 2 heterocycles. The van der Waals surface area contributed by atoms with Crippen LogP contribution in [0.2, 0.25) is 0 Å². The van der Waals surface area contributed by atoms with Gasteiger partial charge in [0.25, 0.3) is 0 Å². The van der Waals surface area contributed by atoms with E-state index in [2.05, 4.69) is 10.3 Å². The Bertz CT molecular complexity index is 499. The molecule has 0 aromatic carbocycles. The number of nitrogens with one attached hydrogen (secondary N) is 1. The van der Waals surface area contributed by atoms with Gasteiger partial charge in [-0.25, -0.2) is 0 Å². The topological polar surface area (TPSA) is 51.2 Å². The summed E-state index contributed by atoms with van der Waals surface area (Å²) < 4.78 is 4.75. The number of carbonyl (C=O) groups excluding carboxylic acids is 1. The fourth-order valence-electron chi connectivity index (χ4n) is 1.75. The highest BCUT2D eigenvalue weighted by molar-refractivity contribution is 7.10. The number of esters is 1. The van der Waals surface area contributed by atoms with Gasteiger partial charge in [-0.05, 0) is 29.1 Å². The molecule has 0 spiro atoms. The van der Waals surface area contributed by atoms with E-state index in [-0.39, 0.29) is 12.0 Å². The van der Waals surface area contributed by atoms with Gasteiger partial charge in [-0.3, -0.25) is 9.78 Å². The predicted octanol–water partition coefficient (Wildman–Crippen LogP) is 2.54. The summed E-state index contributed by atoms with van der Waals surface area (Å²) in [4.78, 5) is 16.6. The first-order valence-electron chi connectivity index (χ1n) is 6.02. The van der Waals surface area contributed by atoms with Crippen LogP contribution >= 0.6 is 11.3 Å². The first-order valence-corrected chi connectivity index (χ1v) is 6.90. The minimum Gasteiger partial charge on any atom is -0.469 e. The Morgan fingerprint density at radius 2 is 2.21 bits per heavy atom. The van der Waals surface area contributed by atoms with E-state index in [4.69, 9.17) is 4.74 Å². The molecule has 0 amide bonds. The predicted molar refractivity (Wildman–Crippen MR) is 74.8 cm³/mol. The molecule has 0 radical (unpaired) electrons. The molecule has 2 aromatic rings. The second kappa shape index (κ2) is 7.01. The van der Waals surface area contributed by atoms with E-state index < -0.39 is 0 Å². The Morgan fingerprint density at radius 1 is 1.42 bits per heavy atom. The second-order valence-electron chi connectivity index (χ2n) is 4.08. The van der Waals surface area contributed by atoms with Crippen LogP contribution in [0.3, 0.4) is 0 Å². The van der Waals surface area contributed by atoms with Crippen LogP contribution < -0.4 is 5.32 Å². The van der Waals surface area contributed by atoms with Gasteiger partial charge in [0.15, 0.2) is 0 Å². The Labute approximate surface area is 116 Å². The van der Waals surface area contributed by atoms with Gasteiger partial charge in [0.1, 0.15) is 0 Å². The van der Waals surface area contributed by atoms with Gasteiger partial charge in [-0.15, -0.1) is 11.3 Å². The quantitative estimate of drug-likeness (QED) is 0.824. The minimum absolute atomic E-state index is 0.0133. The molecule has 1 atom stereocenters. The molecule has 4 nitrogen and oxygen atoms in total. The lowest BCUT2D eigenvalue weighted by Gasteiger charge is -2.16. The summed E-state index contributed by atoms with van der Waals surface area (Å²) in [6, 6.07) is 7.91. The lowest BCUT2D eigenvalue weighted by atomic mass is 10.1. The van der Waals surface area contributed by atoms with Crippen LogP contribution in [-0.2, 0) is 16.1 Å². The summed E-state index contributed by atoms with van der Waals surface area (Å²) in [5, 5.41) is 5.39. The van der Waals surface area contributed by atoms with Crippen LogP contribution in [0.5, 0.6) is 0 Å². The number of thiophene rings is 1. The monoisotopic (exact) mass is 276 g/mol. The summed E-state index contributed by atoms with van der Waals surface area (Å²) >= 11 is 1.64. The van der Waals surface area contributed by atoms with E-state index in [1.807, 2.05) is 29.6 Å². The van der Waals surface area contributed by atoms with Crippen LogP contribution in [0.4, 0.5) is 0 Å².